The molecule has 1 aromatic carbocycles. The van der Waals surface area contributed by atoms with Crippen LogP contribution in [0.25, 0.3) is 0 Å². The van der Waals surface area contributed by atoms with E-state index < -0.39 is 0 Å². The molecule has 3 heteroatoms. The van der Waals surface area contributed by atoms with Crippen LogP contribution in [-0.2, 0) is 0 Å². The van der Waals surface area contributed by atoms with Gasteiger partial charge < -0.3 is 4.74 Å². The molecule has 0 radical (unpaired) electrons. The summed E-state index contributed by atoms with van der Waals surface area (Å²) in [7, 11) is 0. The van der Waals surface area contributed by atoms with E-state index in [1.807, 2.05) is 26.8 Å². The Labute approximate surface area is 91.4 Å². The Hall–Kier alpha value is -0.320. The molecule has 0 heterocycles. The van der Waals surface area contributed by atoms with Crippen molar-refractivity contribution in [2.45, 2.75) is 26.4 Å². The van der Waals surface area contributed by atoms with Crippen molar-refractivity contribution in [1.82, 2.24) is 0 Å². The molecule has 0 saturated heterocycles. The maximum Gasteiger partial charge on any atom is 0.127 e. The highest BCUT2D eigenvalue weighted by Gasteiger charge is 2.12. The number of rotatable bonds is 1. The van der Waals surface area contributed by atoms with Gasteiger partial charge >= 0.3 is 0 Å². The van der Waals surface area contributed by atoms with E-state index in [1.54, 1.807) is 0 Å². The first-order valence-corrected chi connectivity index (χ1v) is 5.10. The van der Waals surface area contributed by atoms with Crippen LogP contribution in [0.2, 0.25) is 0 Å². The highest BCUT2D eigenvalue weighted by atomic mass is 127. The van der Waals surface area contributed by atoms with E-state index in [0.29, 0.717) is 5.75 Å². The van der Waals surface area contributed by atoms with Gasteiger partial charge in [0.2, 0.25) is 0 Å². The first-order chi connectivity index (χ1) is 5.87. The molecule has 0 saturated carbocycles. The van der Waals surface area contributed by atoms with Gasteiger partial charge in [-0.2, -0.15) is 0 Å². The van der Waals surface area contributed by atoms with Gasteiger partial charge in [-0.15, -0.1) is 0 Å². The minimum Gasteiger partial charge on any atom is -0.488 e. The molecule has 72 valence electrons. The summed E-state index contributed by atoms with van der Waals surface area (Å²) in [6.07, 6.45) is 0. The summed E-state index contributed by atoms with van der Waals surface area (Å²) in [5, 5.41) is 0. The summed E-state index contributed by atoms with van der Waals surface area (Å²) in [5.41, 5.74) is -0.281. The van der Waals surface area contributed by atoms with Crippen molar-refractivity contribution in [3.8, 4) is 5.75 Å². The minimum atomic E-state index is -0.281. The normalized spacial score (nSPS) is 11.5. The van der Waals surface area contributed by atoms with E-state index in [2.05, 4.69) is 22.6 Å². The van der Waals surface area contributed by atoms with Crippen LogP contribution in [0.5, 0.6) is 5.75 Å². The molecule has 0 atom stereocenters. The maximum atomic E-state index is 12.9. The van der Waals surface area contributed by atoms with Crippen LogP contribution >= 0.6 is 22.6 Å². The number of hydrogen-bond acceptors (Lipinski definition) is 1. The number of hydrogen-bond donors (Lipinski definition) is 0. The SMILES string of the molecule is CC(C)(C)Oc1cc(F)cc(I)c1. The fraction of sp³-hybridized carbons (Fsp3) is 0.400. The summed E-state index contributed by atoms with van der Waals surface area (Å²) in [5.74, 6) is 0.322. The third kappa shape index (κ3) is 3.93. The van der Waals surface area contributed by atoms with Crippen molar-refractivity contribution in [2.75, 3.05) is 0 Å². The monoisotopic (exact) mass is 294 g/mol. The zero-order valence-electron chi connectivity index (χ0n) is 7.90. The van der Waals surface area contributed by atoms with Crippen molar-refractivity contribution in [3.05, 3.63) is 27.6 Å². The fourth-order valence-electron chi connectivity index (χ4n) is 0.941. The van der Waals surface area contributed by atoms with Crippen LogP contribution in [0.4, 0.5) is 4.39 Å². The molecule has 0 spiro atoms. The Kier molecular flexibility index (Phi) is 3.16. The molecule has 0 aliphatic rings. The molecule has 13 heavy (non-hydrogen) atoms. The highest BCUT2D eigenvalue weighted by Crippen LogP contribution is 2.21. The van der Waals surface area contributed by atoms with Gasteiger partial charge in [-0.3, -0.25) is 0 Å². The van der Waals surface area contributed by atoms with Crippen LogP contribution in [0, 0.1) is 9.39 Å². The molecule has 1 rings (SSSR count). The maximum absolute atomic E-state index is 12.9. The number of ether oxygens (including phenoxy) is 1. The van der Waals surface area contributed by atoms with Crippen molar-refractivity contribution in [1.29, 1.82) is 0 Å². The van der Waals surface area contributed by atoms with E-state index >= 15 is 0 Å². The Bertz CT molecular complexity index is 284. The second kappa shape index (κ2) is 3.82. The number of benzene rings is 1. The van der Waals surface area contributed by atoms with Gasteiger partial charge in [0, 0.05) is 9.64 Å². The van der Waals surface area contributed by atoms with Crippen LogP contribution in [-0.4, -0.2) is 5.60 Å². The van der Waals surface area contributed by atoms with Gasteiger partial charge in [0.25, 0.3) is 0 Å². The zero-order valence-corrected chi connectivity index (χ0v) is 10.1. The second-order valence-electron chi connectivity index (χ2n) is 3.82. The molecule has 0 aliphatic carbocycles. The second-order valence-corrected chi connectivity index (χ2v) is 5.07. The van der Waals surface area contributed by atoms with Crippen LogP contribution in [0.1, 0.15) is 20.8 Å². The average Bonchev–Trinajstić information content (AvgIpc) is 1.78. The van der Waals surface area contributed by atoms with Crippen molar-refractivity contribution in [3.63, 3.8) is 0 Å². The highest BCUT2D eigenvalue weighted by molar-refractivity contribution is 14.1. The van der Waals surface area contributed by atoms with Gasteiger partial charge in [0.1, 0.15) is 17.2 Å². The molecule has 1 nitrogen and oxygen atoms in total. The fourth-order valence-corrected chi connectivity index (χ4v) is 1.55. The van der Waals surface area contributed by atoms with Crippen LogP contribution in [0.3, 0.4) is 0 Å². The van der Waals surface area contributed by atoms with E-state index in [4.69, 9.17) is 4.74 Å². The quantitative estimate of drug-likeness (QED) is 0.719. The third-order valence-electron chi connectivity index (χ3n) is 1.26. The van der Waals surface area contributed by atoms with Gasteiger partial charge in [0.15, 0.2) is 0 Å². The van der Waals surface area contributed by atoms with E-state index in [-0.39, 0.29) is 11.4 Å². The summed E-state index contributed by atoms with van der Waals surface area (Å²) in [4.78, 5) is 0. The first kappa shape index (κ1) is 10.8. The Morgan fingerprint density at radius 3 is 2.31 bits per heavy atom. The molecule has 1 aromatic rings. The summed E-state index contributed by atoms with van der Waals surface area (Å²) >= 11 is 2.06. The smallest absolute Gasteiger partial charge is 0.127 e. The molecule has 0 aromatic heterocycles. The lowest BCUT2D eigenvalue weighted by molar-refractivity contribution is 0.130. The third-order valence-corrected chi connectivity index (χ3v) is 1.88. The van der Waals surface area contributed by atoms with Crippen LogP contribution < -0.4 is 4.74 Å². The summed E-state index contributed by atoms with van der Waals surface area (Å²) in [6, 6.07) is 4.68. The molecule has 0 N–H and O–H groups in total. The standard InChI is InChI=1S/C10H12FIO/c1-10(2,3)13-9-5-7(11)4-8(12)6-9/h4-6H,1-3H3. The Morgan fingerprint density at radius 2 is 1.85 bits per heavy atom. The van der Waals surface area contributed by atoms with E-state index in [9.17, 15) is 4.39 Å². The van der Waals surface area contributed by atoms with Gasteiger partial charge in [-0.05, 0) is 55.5 Å². The molecule has 0 fully saturated rings. The predicted molar refractivity (Wildman–Crippen MR) is 59.5 cm³/mol. The molecular formula is C10H12FIO. The Balaban J connectivity index is 2.90. The molecule has 0 aliphatic heterocycles. The summed E-state index contributed by atoms with van der Waals surface area (Å²) < 4.78 is 19.3. The largest absolute Gasteiger partial charge is 0.488 e. The first-order valence-electron chi connectivity index (χ1n) is 4.02. The van der Waals surface area contributed by atoms with Crippen molar-refractivity contribution < 1.29 is 9.13 Å². The van der Waals surface area contributed by atoms with E-state index in [1.165, 1.54) is 12.1 Å². The average molecular weight is 294 g/mol. The lowest BCUT2D eigenvalue weighted by atomic mass is 10.2. The van der Waals surface area contributed by atoms with Crippen molar-refractivity contribution in [2.24, 2.45) is 0 Å². The lowest BCUT2D eigenvalue weighted by Gasteiger charge is -2.21. The molecule has 0 bridgehead atoms. The lowest BCUT2D eigenvalue weighted by Crippen LogP contribution is -2.23. The topological polar surface area (TPSA) is 9.23 Å². The molecular weight excluding hydrogens is 282 g/mol. The molecule has 0 unspecified atom stereocenters. The van der Waals surface area contributed by atoms with Crippen LogP contribution in [0.15, 0.2) is 18.2 Å². The van der Waals surface area contributed by atoms with Gasteiger partial charge in [-0.25, -0.2) is 4.39 Å². The summed E-state index contributed by atoms with van der Waals surface area (Å²) in [6.45, 7) is 5.81. The zero-order chi connectivity index (χ0) is 10.1. The van der Waals surface area contributed by atoms with E-state index in [0.717, 1.165) is 3.57 Å². The van der Waals surface area contributed by atoms with Gasteiger partial charge in [-0.1, -0.05) is 0 Å². The van der Waals surface area contributed by atoms with Crippen molar-refractivity contribution >= 4 is 22.6 Å². The Morgan fingerprint density at radius 1 is 1.23 bits per heavy atom. The molecule has 0 amide bonds. The predicted octanol–water partition coefficient (Wildman–Crippen LogP) is 3.61. The minimum absolute atomic E-state index is 0.258. The number of halogens is 2. The van der Waals surface area contributed by atoms with Gasteiger partial charge in [0.05, 0.1) is 0 Å².